The maximum Gasteiger partial charge on any atom is 0.290 e. The summed E-state index contributed by atoms with van der Waals surface area (Å²) >= 11 is 6.03. The second-order valence-electron chi connectivity index (χ2n) is 7.99. The van der Waals surface area contributed by atoms with Crippen molar-refractivity contribution >= 4 is 35.0 Å². The first-order chi connectivity index (χ1) is 16.4. The predicted molar refractivity (Wildman–Crippen MR) is 127 cm³/mol. The van der Waals surface area contributed by atoms with Crippen molar-refractivity contribution in [1.82, 2.24) is 9.80 Å². The van der Waals surface area contributed by atoms with Crippen LogP contribution in [0.15, 0.2) is 65.3 Å². The molecule has 0 spiro atoms. The first kappa shape index (κ1) is 23.4. The number of carbonyl (C=O) groups excluding carboxylic acids is 3. The van der Waals surface area contributed by atoms with Crippen molar-refractivity contribution < 1.29 is 23.5 Å². The molecule has 3 aromatic rings. The Balaban J connectivity index is 1.51. The van der Waals surface area contributed by atoms with E-state index in [9.17, 15) is 14.4 Å². The van der Waals surface area contributed by atoms with Gasteiger partial charge in [-0.2, -0.15) is 0 Å². The fourth-order valence-electron chi connectivity index (χ4n) is 4.01. The number of hydrogen-bond donors (Lipinski definition) is 1. The lowest BCUT2D eigenvalue weighted by Gasteiger charge is -2.37. The van der Waals surface area contributed by atoms with Crippen molar-refractivity contribution in [3.8, 4) is 5.75 Å². The van der Waals surface area contributed by atoms with E-state index in [0.29, 0.717) is 22.9 Å². The molecule has 4 rings (SSSR count). The largest absolute Gasteiger partial charge is 0.495 e. The number of fused-ring (bicyclic) bond motifs is 1. The third-order valence-corrected chi connectivity index (χ3v) is 5.95. The molecule has 8 nitrogen and oxygen atoms in total. The maximum atomic E-state index is 13.4. The number of anilines is 1. The van der Waals surface area contributed by atoms with Gasteiger partial charge in [-0.25, -0.2) is 0 Å². The molecular weight excluding hydrogens is 458 g/mol. The van der Waals surface area contributed by atoms with Crippen LogP contribution >= 0.6 is 11.6 Å². The number of hydrogen-bond acceptors (Lipinski definition) is 5. The zero-order chi connectivity index (χ0) is 24.2. The van der Waals surface area contributed by atoms with Crippen molar-refractivity contribution in [2.75, 3.05) is 26.0 Å². The van der Waals surface area contributed by atoms with Crippen molar-refractivity contribution in [1.29, 1.82) is 0 Å². The highest BCUT2D eigenvalue weighted by molar-refractivity contribution is 6.31. The van der Waals surface area contributed by atoms with Gasteiger partial charge in [0, 0.05) is 25.0 Å². The lowest BCUT2D eigenvalue weighted by molar-refractivity contribution is -0.137. The van der Waals surface area contributed by atoms with E-state index in [1.54, 1.807) is 30.3 Å². The zero-order valence-corrected chi connectivity index (χ0v) is 19.5. The zero-order valence-electron chi connectivity index (χ0n) is 18.8. The quantitative estimate of drug-likeness (QED) is 0.580. The number of ether oxygens (including phenoxy) is 1. The Kier molecular flexibility index (Phi) is 6.88. The van der Waals surface area contributed by atoms with E-state index in [1.165, 1.54) is 30.2 Å². The number of amides is 3. The van der Waals surface area contributed by atoms with Gasteiger partial charge in [0.1, 0.15) is 11.8 Å². The van der Waals surface area contributed by atoms with Gasteiger partial charge < -0.3 is 24.3 Å². The Labute approximate surface area is 202 Å². The summed E-state index contributed by atoms with van der Waals surface area (Å²) in [4.78, 5) is 42.1. The van der Waals surface area contributed by atoms with E-state index in [-0.39, 0.29) is 30.7 Å². The summed E-state index contributed by atoms with van der Waals surface area (Å²) in [5.41, 5.74) is 2.37. The molecule has 1 aliphatic heterocycles. The van der Waals surface area contributed by atoms with Crippen molar-refractivity contribution in [2.24, 2.45) is 0 Å². The molecule has 0 aliphatic carbocycles. The van der Waals surface area contributed by atoms with Gasteiger partial charge in [0.15, 0.2) is 5.76 Å². The normalized spacial score (nSPS) is 14.8. The molecule has 0 saturated carbocycles. The Morgan fingerprint density at radius 3 is 2.62 bits per heavy atom. The molecule has 0 bridgehead atoms. The first-order valence-electron chi connectivity index (χ1n) is 10.7. The van der Waals surface area contributed by atoms with Crippen molar-refractivity contribution in [3.05, 3.63) is 82.8 Å². The standard InChI is InChI=1S/C25H24ClN3O5/c1-28(15-23(30)27-19-13-18(26)9-10-21(19)33-2)24(31)20-12-16-6-3-4-7-17(16)14-29(20)25(32)22-8-5-11-34-22/h3-11,13,20H,12,14-15H2,1-2H3,(H,27,30)/t20-/m1/s1. The number of carbonyl (C=O) groups is 3. The SMILES string of the molecule is COc1ccc(Cl)cc1NC(=O)CN(C)C(=O)[C@H]1Cc2ccccc2CN1C(=O)c1ccco1. The van der Waals surface area contributed by atoms with E-state index in [4.69, 9.17) is 20.8 Å². The topological polar surface area (TPSA) is 92.1 Å². The maximum absolute atomic E-state index is 13.4. The highest BCUT2D eigenvalue weighted by atomic mass is 35.5. The van der Waals surface area contributed by atoms with Gasteiger partial charge in [-0.15, -0.1) is 0 Å². The van der Waals surface area contributed by atoms with E-state index in [0.717, 1.165) is 11.1 Å². The Hall–Kier alpha value is -3.78. The van der Waals surface area contributed by atoms with Gasteiger partial charge >= 0.3 is 0 Å². The Bertz CT molecular complexity index is 1210. The van der Waals surface area contributed by atoms with Gasteiger partial charge in [-0.1, -0.05) is 35.9 Å². The molecular formula is C25H24ClN3O5. The van der Waals surface area contributed by atoms with Crippen LogP contribution in [-0.4, -0.2) is 54.3 Å². The van der Waals surface area contributed by atoms with Gasteiger partial charge in [-0.3, -0.25) is 14.4 Å². The van der Waals surface area contributed by atoms with Crippen LogP contribution in [-0.2, 0) is 22.6 Å². The highest BCUT2D eigenvalue weighted by Gasteiger charge is 2.37. The average molecular weight is 482 g/mol. The lowest BCUT2D eigenvalue weighted by Crippen LogP contribution is -2.53. The fraction of sp³-hybridized carbons (Fsp3) is 0.240. The molecule has 3 amide bonds. The number of benzene rings is 2. The summed E-state index contributed by atoms with van der Waals surface area (Å²) in [5.74, 6) is -0.532. The molecule has 2 aromatic carbocycles. The molecule has 1 aliphatic rings. The van der Waals surface area contributed by atoms with Crippen LogP contribution in [0.1, 0.15) is 21.7 Å². The minimum absolute atomic E-state index is 0.158. The molecule has 9 heteroatoms. The summed E-state index contributed by atoms with van der Waals surface area (Å²) in [7, 11) is 3.02. The van der Waals surface area contributed by atoms with Gasteiger partial charge in [0.05, 0.1) is 25.6 Å². The smallest absolute Gasteiger partial charge is 0.290 e. The Morgan fingerprint density at radius 1 is 1.15 bits per heavy atom. The second-order valence-corrected chi connectivity index (χ2v) is 8.42. The molecule has 1 atom stereocenters. The summed E-state index contributed by atoms with van der Waals surface area (Å²) < 4.78 is 10.5. The van der Waals surface area contributed by atoms with Crippen LogP contribution in [0.2, 0.25) is 5.02 Å². The van der Waals surface area contributed by atoms with E-state index in [1.807, 2.05) is 24.3 Å². The van der Waals surface area contributed by atoms with Gasteiger partial charge in [0.2, 0.25) is 11.8 Å². The number of methoxy groups -OCH3 is 1. The molecule has 2 heterocycles. The average Bonchev–Trinajstić information content (AvgIpc) is 3.37. The Morgan fingerprint density at radius 2 is 1.91 bits per heavy atom. The first-order valence-corrected chi connectivity index (χ1v) is 11.0. The molecule has 34 heavy (non-hydrogen) atoms. The van der Waals surface area contributed by atoms with Crippen LogP contribution in [0.4, 0.5) is 5.69 Å². The number of rotatable bonds is 6. The van der Waals surface area contributed by atoms with Crippen molar-refractivity contribution in [2.45, 2.75) is 19.0 Å². The predicted octanol–water partition coefficient (Wildman–Crippen LogP) is 3.61. The molecule has 0 radical (unpaired) electrons. The molecule has 0 saturated heterocycles. The van der Waals surface area contributed by atoms with Crippen LogP contribution in [0.5, 0.6) is 5.75 Å². The minimum Gasteiger partial charge on any atom is -0.495 e. The summed E-state index contributed by atoms with van der Waals surface area (Å²) in [6.45, 7) is 0.0568. The summed E-state index contributed by atoms with van der Waals surface area (Å²) in [6.07, 6.45) is 1.76. The summed E-state index contributed by atoms with van der Waals surface area (Å²) in [6, 6.07) is 15.0. The molecule has 0 fully saturated rings. The third-order valence-electron chi connectivity index (χ3n) is 5.72. The summed E-state index contributed by atoms with van der Waals surface area (Å²) in [5, 5.41) is 3.16. The number of halogens is 1. The fourth-order valence-corrected chi connectivity index (χ4v) is 4.19. The van der Waals surface area contributed by atoms with Crippen LogP contribution < -0.4 is 10.1 Å². The van der Waals surface area contributed by atoms with Gasteiger partial charge in [-0.05, 0) is 41.5 Å². The van der Waals surface area contributed by atoms with Crippen LogP contribution in [0.3, 0.4) is 0 Å². The van der Waals surface area contributed by atoms with Crippen molar-refractivity contribution in [3.63, 3.8) is 0 Å². The molecule has 1 N–H and O–H groups in total. The van der Waals surface area contributed by atoms with E-state index in [2.05, 4.69) is 5.32 Å². The van der Waals surface area contributed by atoms with Crippen LogP contribution in [0, 0.1) is 0 Å². The monoisotopic (exact) mass is 481 g/mol. The van der Waals surface area contributed by atoms with Gasteiger partial charge in [0.25, 0.3) is 5.91 Å². The molecule has 1 aromatic heterocycles. The number of nitrogens with zero attached hydrogens (tertiary/aromatic N) is 2. The molecule has 176 valence electrons. The van der Waals surface area contributed by atoms with Crippen LogP contribution in [0.25, 0.3) is 0 Å². The number of likely N-dealkylation sites (N-methyl/N-ethyl adjacent to an activating group) is 1. The highest BCUT2D eigenvalue weighted by Crippen LogP contribution is 2.28. The minimum atomic E-state index is -0.772. The van der Waals surface area contributed by atoms with E-state index < -0.39 is 11.9 Å². The molecule has 0 unspecified atom stereocenters. The number of furan rings is 1. The third kappa shape index (κ3) is 4.92. The second kappa shape index (κ2) is 10.0. The number of nitrogens with one attached hydrogen (secondary N) is 1. The van der Waals surface area contributed by atoms with E-state index >= 15 is 0 Å². The lowest BCUT2D eigenvalue weighted by atomic mass is 9.93.